The van der Waals surface area contributed by atoms with Gasteiger partial charge in [-0.2, -0.15) is 5.10 Å². The van der Waals surface area contributed by atoms with Gasteiger partial charge < -0.3 is 14.3 Å². The van der Waals surface area contributed by atoms with Gasteiger partial charge in [0.1, 0.15) is 29.4 Å². The molecule has 0 amide bonds. The quantitative estimate of drug-likeness (QED) is 0.511. The molecule has 0 saturated heterocycles. The smallest absolute Gasteiger partial charge is 0.228 e. The lowest BCUT2D eigenvalue weighted by Gasteiger charge is -2.26. The Hall–Kier alpha value is -3.35. The number of ether oxygens (including phenoxy) is 1. The summed E-state index contributed by atoms with van der Waals surface area (Å²) >= 11 is 0. The molecule has 5 rings (SSSR count). The molecule has 1 aliphatic heterocycles. The molecule has 0 bridgehead atoms. The molecule has 0 unspecified atom stereocenters. The Bertz CT molecular complexity index is 1070. The summed E-state index contributed by atoms with van der Waals surface area (Å²) in [6.07, 6.45) is 3.20. The normalized spacial score (nSPS) is 15.8. The minimum Gasteiger partial charge on any atom is -0.508 e. The largest absolute Gasteiger partial charge is 0.508 e. The number of aryl methyl sites for hydroxylation is 1. The highest BCUT2D eigenvalue weighted by Gasteiger charge is 2.34. The van der Waals surface area contributed by atoms with Crippen LogP contribution in [0.2, 0.25) is 0 Å². The Morgan fingerprint density at radius 1 is 1.25 bits per heavy atom. The molecule has 0 saturated carbocycles. The molecule has 3 aromatic heterocycles. The molecule has 7 heteroatoms. The zero-order valence-corrected chi connectivity index (χ0v) is 12.7. The predicted molar refractivity (Wildman–Crippen MR) is 83.4 cm³/mol. The van der Waals surface area contributed by atoms with Crippen LogP contribution in [0.3, 0.4) is 0 Å². The second-order valence-corrected chi connectivity index (χ2v) is 5.66. The van der Waals surface area contributed by atoms with Gasteiger partial charge in [-0.25, -0.2) is 14.5 Å². The van der Waals surface area contributed by atoms with Crippen molar-refractivity contribution in [3.05, 3.63) is 65.6 Å². The summed E-state index contributed by atoms with van der Waals surface area (Å²) in [7, 11) is 0. The summed E-state index contributed by atoms with van der Waals surface area (Å²) in [6, 6.07) is 8.78. The van der Waals surface area contributed by atoms with E-state index >= 15 is 0 Å². The van der Waals surface area contributed by atoms with Crippen molar-refractivity contribution in [3.8, 4) is 17.4 Å². The summed E-state index contributed by atoms with van der Waals surface area (Å²) in [6.45, 7) is 1.83. The Kier molecular flexibility index (Phi) is 2.50. The number of aromatic nitrogens is 4. The van der Waals surface area contributed by atoms with Gasteiger partial charge in [0.15, 0.2) is 5.65 Å². The van der Waals surface area contributed by atoms with Crippen molar-refractivity contribution in [2.24, 2.45) is 0 Å². The van der Waals surface area contributed by atoms with Crippen LogP contribution in [0.15, 0.2) is 47.3 Å². The molecule has 24 heavy (non-hydrogen) atoms. The summed E-state index contributed by atoms with van der Waals surface area (Å²) in [5.41, 5.74) is 2.36. The van der Waals surface area contributed by atoms with Gasteiger partial charge in [-0.3, -0.25) is 0 Å². The van der Waals surface area contributed by atoms with Crippen LogP contribution in [0, 0.1) is 6.92 Å². The highest BCUT2D eigenvalue weighted by Crippen LogP contribution is 2.48. The van der Waals surface area contributed by atoms with E-state index in [0.717, 1.165) is 16.9 Å². The van der Waals surface area contributed by atoms with Crippen LogP contribution in [-0.2, 0) is 0 Å². The molecule has 4 heterocycles. The first-order chi connectivity index (χ1) is 11.7. The van der Waals surface area contributed by atoms with Gasteiger partial charge in [0.2, 0.25) is 5.88 Å². The second-order valence-electron chi connectivity index (χ2n) is 5.66. The molecule has 0 radical (unpaired) electrons. The van der Waals surface area contributed by atoms with Gasteiger partial charge in [0.05, 0.1) is 17.7 Å². The van der Waals surface area contributed by atoms with E-state index in [9.17, 15) is 5.11 Å². The van der Waals surface area contributed by atoms with Crippen LogP contribution < -0.4 is 4.74 Å². The van der Waals surface area contributed by atoms with E-state index in [1.54, 1.807) is 29.2 Å². The maximum Gasteiger partial charge on any atom is 0.228 e. The summed E-state index contributed by atoms with van der Waals surface area (Å²) < 4.78 is 13.2. The molecule has 1 aliphatic rings. The van der Waals surface area contributed by atoms with E-state index in [1.165, 1.54) is 0 Å². The number of phenolic OH excluding ortho intramolecular Hbond substituents is 1. The standard InChI is InChI=1S/C17H12N4O3/c1-9-19-16-15-14(12-3-2-6-23-12)11-5-4-10(22)7-13(11)24-17(15)18-8-21(16)20-9/h2-8,14,22H,1H3/t14-/m0/s1. The lowest BCUT2D eigenvalue weighted by molar-refractivity contribution is 0.409. The molecule has 1 aromatic carbocycles. The SMILES string of the molecule is Cc1nc2c3c(ncn2n1)Oc1cc(O)ccc1[C@H]3c1ccco1. The fourth-order valence-electron chi connectivity index (χ4n) is 3.16. The van der Waals surface area contributed by atoms with Gasteiger partial charge in [-0.05, 0) is 25.1 Å². The zero-order valence-electron chi connectivity index (χ0n) is 12.7. The Labute approximate surface area is 136 Å². The molecule has 7 nitrogen and oxygen atoms in total. The monoisotopic (exact) mass is 320 g/mol. The van der Waals surface area contributed by atoms with Crippen LogP contribution in [0.25, 0.3) is 5.65 Å². The van der Waals surface area contributed by atoms with Crippen molar-refractivity contribution in [2.45, 2.75) is 12.8 Å². The molecular weight excluding hydrogens is 308 g/mol. The average Bonchev–Trinajstić information content (AvgIpc) is 3.20. The number of furan rings is 1. The molecule has 1 atom stereocenters. The summed E-state index contributed by atoms with van der Waals surface area (Å²) in [5, 5.41) is 14.1. The van der Waals surface area contributed by atoms with E-state index < -0.39 is 0 Å². The Morgan fingerprint density at radius 3 is 3.00 bits per heavy atom. The van der Waals surface area contributed by atoms with Crippen molar-refractivity contribution in [3.63, 3.8) is 0 Å². The van der Waals surface area contributed by atoms with Crippen LogP contribution in [0.5, 0.6) is 17.4 Å². The highest BCUT2D eigenvalue weighted by molar-refractivity contribution is 5.65. The van der Waals surface area contributed by atoms with Gasteiger partial charge in [-0.15, -0.1) is 0 Å². The molecule has 1 N–H and O–H groups in total. The van der Waals surface area contributed by atoms with E-state index in [2.05, 4.69) is 15.1 Å². The molecule has 0 fully saturated rings. The first-order valence-electron chi connectivity index (χ1n) is 7.47. The van der Waals surface area contributed by atoms with Gasteiger partial charge >= 0.3 is 0 Å². The second kappa shape index (κ2) is 4.58. The average molecular weight is 320 g/mol. The molecule has 0 aliphatic carbocycles. The first-order valence-corrected chi connectivity index (χ1v) is 7.47. The summed E-state index contributed by atoms with van der Waals surface area (Å²) in [5.74, 6) is 2.29. The van der Waals surface area contributed by atoms with E-state index in [4.69, 9.17) is 9.15 Å². The number of hydrogen-bond donors (Lipinski definition) is 1. The highest BCUT2D eigenvalue weighted by atomic mass is 16.5. The zero-order chi connectivity index (χ0) is 16.3. The number of hydrogen-bond acceptors (Lipinski definition) is 6. The van der Waals surface area contributed by atoms with Crippen molar-refractivity contribution in [1.29, 1.82) is 0 Å². The van der Waals surface area contributed by atoms with Crippen molar-refractivity contribution in [2.75, 3.05) is 0 Å². The van der Waals surface area contributed by atoms with E-state index in [0.29, 0.717) is 23.1 Å². The number of rotatable bonds is 1. The summed E-state index contributed by atoms with van der Waals surface area (Å²) in [4.78, 5) is 8.88. The first kappa shape index (κ1) is 13.1. The van der Waals surface area contributed by atoms with Gasteiger partial charge in [0, 0.05) is 11.6 Å². The maximum atomic E-state index is 9.78. The third-order valence-electron chi connectivity index (χ3n) is 4.12. The minimum absolute atomic E-state index is 0.134. The fraction of sp³-hybridized carbons (Fsp3) is 0.118. The van der Waals surface area contributed by atoms with Crippen molar-refractivity contribution in [1.82, 2.24) is 19.6 Å². The Morgan fingerprint density at radius 2 is 2.17 bits per heavy atom. The number of nitrogens with zero attached hydrogens (tertiary/aromatic N) is 4. The Balaban J connectivity index is 1.86. The van der Waals surface area contributed by atoms with Crippen LogP contribution in [0.4, 0.5) is 0 Å². The third kappa shape index (κ3) is 1.75. The van der Waals surface area contributed by atoms with Crippen molar-refractivity contribution < 1.29 is 14.3 Å². The van der Waals surface area contributed by atoms with E-state index in [1.807, 2.05) is 25.1 Å². The minimum atomic E-state index is -0.237. The topological polar surface area (TPSA) is 85.7 Å². The van der Waals surface area contributed by atoms with Crippen molar-refractivity contribution >= 4 is 5.65 Å². The number of benzene rings is 1. The lowest BCUT2D eigenvalue weighted by Crippen LogP contribution is -2.14. The number of fused-ring (bicyclic) bond motifs is 4. The maximum absolute atomic E-state index is 9.78. The van der Waals surface area contributed by atoms with Crippen LogP contribution in [-0.4, -0.2) is 24.7 Å². The molecular formula is C17H12N4O3. The molecule has 4 aromatic rings. The van der Waals surface area contributed by atoms with Gasteiger partial charge in [0.25, 0.3) is 0 Å². The fourth-order valence-corrected chi connectivity index (χ4v) is 3.16. The van der Waals surface area contributed by atoms with Crippen LogP contribution >= 0.6 is 0 Å². The number of phenols is 1. The molecule has 0 spiro atoms. The predicted octanol–water partition coefficient (Wildman–Crippen LogP) is 3.02. The number of aromatic hydroxyl groups is 1. The third-order valence-corrected chi connectivity index (χ3v) is 4.12. The van der Waals surface area contributed by atoms with Crippen LogP contribution in [0.1, 0.15) is 28.6 Å². The van der Waals surface area contributed by atoms with E-state index in [-0.39, 0.29) is 11.7 Å². The lowest BCUT2D eigenvalue weighted by atomic mass is 9.87. The molecule has 118 valence electrons. The van der Waals surface area contributed by atoms with Gasteiger partial charge in [-0.1, -0.05) is 6.07 Å².